The molecule has 92 valence electrons. The van der Waals surface area contributed by atoms with E-state index in [9.17, 15) is 14.8 Å². The number of hydroxylamine groups is 2. The molecule has 0 aromatic heterocycles. The van der Waals surface area contributed by atoms with Crippen LogP contribution in [0.1, 0.15) is 27.7 Å². The monoisotopic (exact) mass is 228 g/mol. The van der Waals surface area contributed by atoms with E-state index in [0.717, 1.165) is 5.06 Å². The molecule has 0 unspecified atom stereocenters. The zero-order valence-corrected chi connectivity index (χ0v) is 10.3. The molecule has 0 aliphatic heterocycles. The van der Waals surface area contributed by atoms with Crippen LogP contribution in [-0.2, 0) is 9.59 Å². The number of nitrogens with zero attached hydrogens (tertiary/aromatic N) is 1. The number of nitrogens with one attached hydrogen (secondary N) is 1. The van der Waals surface area contributed by atoms with E-state index in [1.54, 1.807) is 0 Å². The van der Waals surface area contributed by atoms with Gasteiger partial charge in [-0.2, -0.15) is 5.06 Å². The predicted octanol–water partition coefficient (Wildman–Crippen LogP) is 0.737. The number of hydrogen-bond acceptors (Lipinski definition) is 4. The first-order chi connectivity index (χ1) is 7.20. The van der Waals surface area contributed by atoms with Crippen LogP contribution < -0.4 is 5.32 Å². The summed E-state index contributed by atoms with van der Waals surface area (Å²) in [4.78, 5) is 21.9. The molecule has 0 saturated heterocycles. The van der Waals surface area contributed by atoms with Gasteiger partial charge in [0.05, 0.1) is 0 Å². The number of rotatable bonds is 5. The molecule has 0 radical (unpaired) electrons. The van der Waals surface area contributed by atoms with Gasteiger partial charge >= 0.3 is 0 Å². The molecule has 5 nitrogen and oxygen atoms in total. The van der Waals surface area contributed by atoms with Crippen molar-refractivity contribution in [3.8, 4) is 0 Å². The Morgan fingerprint density at radius 1 is 1.38 bits per heavy atom. The first-order valence-electron chi connectivity index (χ1n) is 5.12. The molecule has 16 heavy (non-hydrogen) atoms. The van der Waals surface area contributed by atoms with Crippen LogP contribution in [0.3, 0.4) is 0 Å². The Morgan fingerprint density at radius 2 is 1.94 bits per heavy atom. The van der Waals surface area contributed by atoms with Gasteiger partial charge in [-0.15, -0.1) is 0 Å². The second kappa shape index (κ2) is 6.40. The number of hydrogen-bond donors (Lipinski definition) is 2. The van der Waals surface area contributed by atoms with E-state index >= 15 is 0 Å². The molecular formula is C11H20N2O3. The summed E-state index contributed by atoms with van der Waals surface area (Å²) in [6, 6.07) is 0. The van der Waals surface area contributed by atoms with Gasteiger partial charge in [-0.05, 0) is 33.8 Å². The van der Waals surface area contributed by atoms with Crippen LogP contribution in [0.15, 0.2) is 12.2 Å². The van der Waals surface area contributed by atoms with E-state index in [4.69, 9.17) is 0 Å². The minimum absolute atomic E-state index is 0.0902. The maximum atomic E-state index is 11.4. The van der Waals surface area contributed by atoms with Crippen molar-refractivity contribution in [3.63, 3.8) is 0 Å². The van der Waals surface area contributed by atoms with Crippen molar-refractivity contribution in [2.75, 3.05) is 13.1 Å². The van der Waals surface area contributed by atoms with Crippen LogP contribution in [0, 0.1) is 0 Å². The molecule has 0 aromatic carbocycles. The molecule has 0 rings (SSSR count). The highest BCUT2D eigenvalue weighted by Crippen LogP contribution is 1.98. The molecule has 0 aromatic rings. The standard InChI is InChI=1S/C11H20N2O3/c1-9(14)6-5-7-13(16)8-10(15)12-11(2,3)4/h5-6,16H,7-8H2,1-4H3,(H,12,15)/b6-5+. The minimum atomic E-state index is -0.312. The summed E-state index contributed by atoms with van der Waals surface area (Å²) >= 11 is 0. The average molecular weight is 228 g/mol. The number of ketones is 1. The number of allylic oxidation sites excluding steroid dienone is 1. The Balaban J connectivity index is 3.92. The lowest BCUT2D eigenvalue weighted by molar-refractivity contribution is -0.137. The van der Waals surface area contributed by atoms with Crippen molar-refractivity contribution < 1.29 is 14.8 Å². The fourth-order valence-corrected chi connectivity index (χ4v) is 1.03. The summed E-state index contributed by atoms with van der Waals surface area (Å²) in [7, 11) is 0. The molecule has 0 aliphatic carbocycles. The molecule has 0 atom stereocenters. The predicted molar refractivity (Wildman–Crippen MR) is 61.1 cm³/mol. The second-order valence-electron chi connectivity index (χ2n) is 4.66. The van der Waals surface area contributed by atoms with Gasteiger partial charge < -0.3 is 10.5 Å². The van der Waals surface area contributed by atoms with Crippen LogP contribution in [0.2, 0.25) is 0 Å². The molecule has 0 saturated carbocycles. The third-order valence-electron chi connectivity index (χ3n) is 1.51. The van der Waals surface area contributed by atoms with Crippen molar-refractivity contribution in [1.29, 1.82) is 0 Å². The first-order valence-corrected chi connectivity index (χ1v) is 5.12. The Hall–Kier alpha value is -1.20. The smallest absolute Gasteiger partial charge is 0.237 e. The molecule has 0 aliphatic rings. The van der Waals surface area contributed by atoms with Gasteiger partial charge in [0.2, 0.25) is 5.91 Å². The first kappa shape index (κ1) is 14.8. The third kappa shape index (κ3) is 9.36. The Labute approximate surface area is 96.1 Å². The lowest BCUT2D eigenvalue weighted by Crippen LogP contribution is -2.45. The van der Waals surface area contributed by atoms with E-state index in [1.165, 1.54) is 19.1 Å². The number of amides is 1. The average Bonchev–Trinajstić information content (AvgIpc) is 1.98. The van der Waals surface area contributed by atoms with Crippen LogP contribution >= 0.6 is 0 Å². The fourth-order valence-electron chi connectivity index (χ4n) is 1.03. The molecule has 2 N–H and O–H groups in total. The molecule has 5 heteroatoms. The Morgan fingerprint density at radius 3 is 2.38 bits per heavy atom. The van der Waals surface area contributed by atoms with Crippen LogP contribution in [0.25, 0.3) is 0 Å². The number of carbonyl (C=O) groups excluding carboxylic acids is 2. The van der Waals surface area contributed by atoms with Crippen LogP contribution in [-0.4, -0.2) is 40.6 Å². The molecule has 0 spiro atoms. The summed E-state index contributed by atoms with van der Waals surface area (Å²) in [6.07, 6.45) is 2.86. The highest BCUT2D eigenvalue weighted by atomic mass is 16.5. The van der Waals surface area contributed by atoms with Crippen molar-refractivity contribution >= 4 is 11.7 Å². The third-order valence-corrected chi connectivity index (χ3v) is 1.51. The van der Waals surface area contributed by atoms with E-state index in [0.29, 0.717) is 0 Å². The zero-order valence-electron chi connectivity index (χ0n) is 10.3. The van der Waals surface area contributed by atoms with E-state index < -0.39 is 0 Å². The fraction of sp³-hybridized carbons (Fsp3) is 0.636. The summed E-state index contributed by atoms with van der Waals surface area (Å²) in [5.41, 5.74) is -0.312. The van der Waals surface area contributed by atoms with Gasteiger partial charge in [-0.3, -0.25) is 9.59 Å². The van der Waals surface area contributed by atoms with Gasteiger partial charge in [-0.25, -0.2) is 0 Å². The van der Waals surface area contributed by atoms with Crippen molar-refractivity contribution in [1.82, 2.24) is 10.4 Å². The maximum absolute atomic E-state index is 11.4. The topological polar surface area (TPSA) is 69.6 Å². The summed E-state index contributed by atoms with van der Waals surface area (Å²) in [5.74, 6) is -0.348. The summed E-state index contributed by atoms with van der Waals surface area (Å²) in [6.45, 7) is 7.05. The van der Waals surface area contributed by atoms with E-state index in [-0.39, 0.29) is 30.3 Å². The Kier molecular flexibility index (Phi) is 5.92. The second-order valence-corrected chi connectivity index (χ2v) is 4.66. The van der Waals surface area contributed by atoms with E-state index in [1.807, 2.05) is 20.8 Å². The quantitative estimate of drug-likeness (QED) is 0.538. The summed E-state index contributed by atoms with van der Waals surface area (Å²) < 4.78 is 0. The zero-order chi connectivity index (χ0) is 12.8. The largest absolute Gasteiger partial charge is 0.350 e. The lowest BCUT2D eigenvalue weighted by atomic mass is 10.1. The van der Waals surface area contributed by atoms with Crippen LogP contribution in [0.5, 0.6) is 0 Å². The van der Waals surface area contributed by atoms with Crippen LogP contribution in [0.4, 0.5) is 0 Å². The van der Waals surface area contributed by atoms with Crippen molar-refractivity contribution in [2.24, 2.45) is 0 Å². The molecule has 1 amide bonds. The van der Waals surface area contributed by atoms with Gasteiger partial charge in [0.25, 0.3) is 0 Å². The van der Waals surface area contributed by atoms with Crippen molar-refractivity contribution in [3.05, 3.63) is 12.2 Å². The van der Waals surface area contributed by atoms with Gasteiger partial charge in [0, 0.05) is 12.1 Å². The SMILES string of the molecule is CC(=O)/C=C/CN(O)CC(=O)NC(C)(C)C. The minimum Gasteiger partial charge on any atom is -0.350 e. The maximum Gasteiger partial charge on any atom is 0.237 e. The Bertz CT molecular complexity index is 279. The normalized spacial score (nSPS) is 12.1. The van der Waals surface area contributed by atoms with Gasteiger partial charge in [0.1, 0.15) is 6.54 Å². The molecular weight excluding hydrogens is 208 g/mol. The summed E-state index contributed by atoms with van der Waals surface area (Å²) in [5, 5.41) is 12.9. The molecule has 0 fully saturated rings. The van der Waals surface area contributed by atoms with Gasteiger partial charge in [0.15, 0.2) is 5.78 Å². The van der Waals surface area contributed by atoms with E-state index in [2.05, 4.69) is 5.32 Å². The highest BCUT2D eigenvalue weighted by Gasteiger charge is 2.15. The molecule has 0 bridgehead atoms. The lowest BCUT2D eigenvalue weighted by Gasteiger charge is -2.22. The number of carbonyl (C=O) groups is 2. The highest BCUT2D eigenvalue weighted by molar-refractivity contribution is 5.87. The van der Waals surface area contributed by atoms with Crippen molar-refractivity contribution in [2.45, 2.75) is 33.2 Å². The van der Waals surface area contributed by atoms with Gasteiger partial charge in [-0.1, -0.05) is 6.08 Å². The molecule has 0 heterocycles.